The van der Waals surface area contributed by atoms with Crippen LogP contribution in [0.25, 0.3) is 0 Å². The predicted molar refractivity (Wildman–Crippen MR) is 94.0 cm³/mol. The second-order valence-electron chi connectivity index (χ2n) is 5.29. The van der Waals surface area contributed by atoms with E-state index in [4.69, 9.17) is 9.47 Å². The lowest BCUT2D eigenvalue weighted by atomic mass is 10.1. The minimum absolute atomic E-state index is 0.0115. The van der Waals surface area contributed by atoms with Gasteiger partial charge in [0.05, 0.1) is 19.0 Å². The Hall–Kier alpha value is -2.35. The fourth-order valence-electron chi connectivity index (χ4n) is 2.14. The Balaban J connectivity index is 2.04. The van der Waals surface area contributed by atoms with Crippen LogP contribution in [0.4, 0.5) is 0 Å². The molecular formula is C17H21N3O4S. The van der Waals surface area contributed by atoms with E-state index in [0.717, 1.165) is 0 Å². The highest BCUT2D eigenvalue weighted by molar-refractivity contribution is 8.00. The fraction of sp³-hybridized carbons (Fsp3) is 0.412. The predicted octanol–water partition coefficient (Wildman–Crippen LogP) is 2.29. The number of esters is 1. The van der Waals surface area contributed by atoms with Crippen molar-refractivity contribution in [3.05, 3.63) is 35.7 Å². The maximum absolute atomic E-state index is 12.5. The highest BCUT2D eigenvalue weighted by Crippen LogP contribution is 2.25. The van der Waals surface area contributed by atoms with Gasteiger partial charge in [-0.05, 0) is 38.1 Å². The Morgan fingerprint density at radius 3 is 2.52 bits per heavy atom. The van der Waals surface area contributed by atoms with E-state index in [1.807, 2.05) is 6.92 Å². The Bertz CT molecular complexity index is 743. The summed E-state index contributed by atoms with van der Waals surface area (Å²) in [4.78, 5) is 24.1. The van der Waals surface area contributed by atoms with Crippen molar-refractivity contribution in [3.63, 3.8) is 0 Å². The van der Waals surface area contributed by atoms with E-state index in [1.165, 1.54) is 11.8 Å². The lowest BCUT2D eigenvalue weighted by Crippen LogP contribution is -2.15. The molecule has 0 radical (unpaired) electrons. The van der Waals surface area contributed by atoms with E-state index in [0.29, 0.717) is 28.9 Å². The molecular weight excluding hydrogens is 342 g/mol. The third-order valence-corrected chi connectivity index (χ3v) is 4.69. The van der Waals surface area contributed by atoms with E-state index < -0.39 is 0 Å². The van der Waals surface area contributed by atoms with E-state index in [9.17, 15) is 9.59 Å². The zero-order chi connectivity index (χ0) is 18.4. The summed E-state index contributed by atoms with van der Waals surface area (Å²) in [6, 6.07) is 6.98. The molecule has 0 spiro atoms. The molecule has 7 nitrogen and oxygen atoms in total. The van der Waals surface area contributed by atoms with Crippen molar-refractivity contribution < 1.29 is 19.1 Å². The average molecular weight is 363 g/mol. The van der Waals surface area contributed by atoms with Crippen LogP contribution in [0.3, 0.4) is 0 Å². The number of methoxy groups -OCH3 is 1. The lowest BCUT2D eigenvalue weighted by molar-refractivity contribution is -0.142. The molecule has 0 aliphatic rings. The molecule has 0 aliphatic heterocycles. The average Bonchev–Trinajstić information content (AvgIpc) is 2.94. The van der Waals surface area contributed by atoms with Crippen LogP contribution in [0.15, 0.2) is 29.4 Å². The van der Waals surface area contributed by atoms with Gasteiger partial charge in [-0.3, -0.25) is 9.59 Å². The van der Waals surface area contributed by atoms with Gasteiger partial charge >= 0.3 is 5.97 Å². The van der Waals surface area contributed by atoms with Crippen molar-refractivity contribution in [2.75, 3.05) is 13.7 Å². The number of hydrogen-bond acceptors (Lipinski definition) is 7. The monoisotopic (exact) mass is 363 g/mol. The Kier molecular flexibility index (Phi) is 6.58. The molecule has 0 unspecified atom stereocenters. The summed E-state index contributed by atoms with van der Waals surface area (Å²) >= 11 is 1.30. The highest BCUT2D eigenvalue weighted by Gasteiger charge is 2.21. The van der Waals surface area contributed by atoms with E-state index in [1.54, 1.807) is 49.9 Å². The number of ether oxygens (including phenoxy) is 2. The van der Waals surface area contributed by atoms with Crippen molar-refractivity contribution in [1.29, 1.82) is 0 Å². The third kappa shape index (κ3) is 4.82. The number of benzene rings is 1. The number of ketones is 1. The first-order valence-corrected chi connectivity index (χ1v) is 8.73. The van der Waals surface area contributed by atoms with Gasteiger partial charge in [0, 0.05) is 12.6 Å². The van der Waals surface area contributed by atoms with Crippen LogP contribution in [0.1, 0.15) is 30.0 Å². The standard InChI is InChI=1S/C17H21N3O4S/c1-5-24-15(21)10-14-18-19-17(20(14)3)25-11(2)16(22)12-6-8-13(23-4)9-7-12/h6-9,11H,5,10H2,1-4H3/t11-/m1/s1. The molecule has 0 aliphatic carbocycles. The zero-order valence-corrected chi connectivity index (χ0v) is 15.5. The summed E-state index contributed by atoms with van der Waals surface area (Å²) in [6.45, 7) is 3.89. The largest absolute Gasteiger partial charge is 0.497 e. The highest BCUT2D eigenvalue weighted by atomic mass is 32.2. The van der Waals surface area contributed by atoms with Gasteiger partial charge in [0.15, 0.2) is 10.9 Å². The van der Waals surface area contributed by atoms with Crippen LogP contribution in [-0.4, -0.2) is 45.5 Å². The van der Waals surface area contributed by atoms with Crippen LogP contribution < -0.4 is 4.74 Å². The molecule has 1 heterocycles. The number of carbonyl (C=O) groups excluding carboxylic acids is 2. The minimum Gasteiger partial charge on any atom is -0.497 e. The Morgan fingerprint density at radius 1 is 1.24 bits per heavy atom. The second kappa shape index (κ2) is 8.66. The third-order valence-electron chi connectivity index (χ3n) is 3.56. The minimum atomic E-state index is -0.350. The maximum atomic E-state index is 12.5. The summed E-state index contributed by atoms with van der Waals surface area (Å²) in [5, 5.41) is 8.31. The number of nitrogens with zero attached hydrogens (tertiary/aromatic N) is 3. The van der Waals surface area contributed by atoms with Gasteiger partial charge < -0.3 is 14.0 Å². The molecule has 1 atom stereocenters. The van der Waals surface area contributed by atoms with Crippen LogP contribution in [0.5, 0.6) is 5.75 Å². The molecule has 25 heavy (non-hydrogen) atoms. The number of thioether (sulfide) groups is 1. The van der Waals surface area contributed by atoms with Gasteiger partial charge in [-0.1, -0.05) is 11.8 Å². The molecule has 8 heteroatoms. The molecule has 0 amide bonds. The fourth-order valence-corrected chi connectivity index (χ4v) is 3.06. The van der Waals surface area contributed by atoms with Crippen molar-refractivity contribution in [1.82, 2.24) is 14.8 Å². The summed E-state index contributed by atoms with van der Waals surface area (Å²) in [6.07, 6.45) is 0.0543. The Morgan fingerprint density at radius 2 is 1.92 bits per heavy atom. The van der Waals surface area contributed by atoms with E-state index in [2.05, 4.69) is 10.2 Å². The lowest BCUT2D eigenvalue weighted by Gasteiger charge is -2.10. The SMILES string of the molecule is CCOC(=O)Cc1nnc(S[C@H](C)C(=O)c2ccc(OC)cc2)n1C. The van der Waals surface area contributed by atoms with E-state index in [-0.39, 0.29) is 23.4 Å². The number of rotatable bonds is 8. The van der Waals surface area contributed by atoms with Crippen LogP contribution in [0, 0.1) is 0 Å². The smallest absolute Gasteiger partial charge is 0.313 e. The molecule has 0 N–H and O–H groups in total. The maximum Gasteiger partial charge on any atom is 0.313 e. The van der Waals surface area contributed by atoms with Crippen molar-refractivity contribution >= 4 is 23.5 Å². The molecule has 1 aromatic heterocycles. The first-order valence-electron chi connectivity index (χ1n) is 7.85. The molecule has 134 valence electrons. The first-order chi connectivity index (χ1) is 12.0. The van der Waals surface area contributed by atoms with Crippen LogP contribution in [0.2, 0.25) is 0 Å². The van der Waals surface area contributed by atoms with Gasteiger partial charge in [-0.25, -0.2) is 0 Å². The van der Waals surface area contributed by atoms with E-state index >= 15 is 0 Å². The summed E-state index contributed by atoms with van der Waals surface area (Å²) in [5.74, 6) is 0.846. The van der Waals surface area contributed by atoms with Crippen LogP contribution >= 0.6 is 11.8 Å². The summed E-state index contributed by atoms with van der Waals surface area (Å²) in [7, 11) is 3.35. The molecule has 2 rings (SSSR count). The molecule has 0 saturated carbocycles. The van der Waals surface area contributed by atoms with Gasteiger partial charge in [0.1, 0.15) is 18.0 Å². The molecule has 0 fully saturated rings. The number of hydrogen-bond donors (Lipinski definition) is 0. The van der Waals surface area contributed by atoms with Gasteiger partial charge in [0.25, 0.3) is 0 Å². The zero-order valence-electron chi connectivity index (χ0n) is 14.7. The summed E-state index contributed by atoms with van der Waals surface area (Å²) in [5.41, 5.74) is 0.606. The number of carbonyl (C=O) groups is 2. The Labute approximate surface area is 150 Å². The first kappa shape index (κ1) is 19.0. The molecule has 0 saturated heterocycles. The number of aromatic nitrogens is 3. The summed E-state index contributed by atoms with van der Waals surface area (Å²) < 4.78 is 11.7. The topological polar surface area (TPSA) is 83.3 Å². The number of Topliss-reactive ketones (excluding diaryl/α,β-unsaturated/α-hetero) is 1. The van der Waals surface area contributed by atoms with Crippen molar-refractivity contribution in [3.8, 4) is 5.75 Å². The van der Waals surface area contributed by atoms with Gasteiger partial charge in [0.2, 0.25) is 0 Å². The normalized spacial score (nSPS) is 11.8. The quantitative estimate of drug-likeness (QED) is 0.404. The second-order valence-corrected chi connectivity index (χ2v) is 6.60. The van der Waals surface area contributed by atoms with Crippen molar-refractivity contribution in [2.45, 2.75) is 30.7 Å². The van der Waals surface area contributed by atoms with Crippen LogP contribution in [-0.2, 0) is 23.0 Å². The molecule has 2 aromatic rings. The molecule has 0 bridgehead atoms. The van der Waals surface area contributed by atoms with Crippen molar-refractivity contribution in [2.24, 2.45) is 7.05 Å². The van der Waals surface area contributed by atoms with Gasteiger partial charge in [-0.2, -0.15) is 0 Å². The molecule has 1 aromatic carbocycles. The van der Waals surface area contributed by atoms with Gasteiger partial charge in [-0.15, -0.1) is 10.2 Å².